The van der Waals surface area contributed by atoms with E-state index in [-0.39, 0.29) is 11.0 Å². The van der Waals surface area contributed by atoms with E-state index in [0.717, 1.165) is 4.78 Å². The Kier molecular flexibility index (Phi) is 5.87. The SMILES string of the molecule is CN(N=Cc1coc2ccccc2c1=O)P(=O)(Oc1ccccc1)Oc1ccccc1. The highest BCUT2D eigenvalue weighted by Crippen LogP contribution is 2.51. The first-order valence-electron chi connectivity index (χ1n) is 9.43. The molecule has 3 aromatic carbocycles. The molecule has 0 saturated carbocycles. The van der Waals surface area contributed by atoms with Crippen molar-refractivity contribution in [2.45, 2.75) is 0 Å². The standard InChI is InChI=1S/C23H19N2O5P/c1-25(24-16-18-17-28-22-15-9-8-14-21(22)23(18)26)31(27,29-19-10-4-2-5-11-19)30-20-12-6-3-7-13-20/h2-17H,1H3. The topological polar surface area (TPSA) is 81.3 Å². The summed E-state index contributed by atoms with van der Waals surface area (Å²) in [6, 6.07) is 24.2. The zero-order chi connectivity index (χ0) is 21.7. The summed E-state index contributed by atoms with van der Waals surface area (Å²) in [5.41, 5.74) is 0.432. The van der Waals surface area contributed by atoms with E-state index in [9.17, 15) is 9.36 Å². The maximum Gasteiger partial charge on any atom is 0.559 e. The van der Waals surface area contributed by atoms with Gasteiger partial charge in [-0.3, -0.25) is 4.79 Å². The number of hydrazone groups is 1. The molecule has 0 atom stereocenters. The molecular weight excluding hydrogens is 415 g/mol. The smallest absolute Gasteiger partial charge is 0.463 e. The van der Waals surface area contributed by atoms with Gasteiger partial charge in [0.1, 0.15) is 23.3 Å². The van der Waals surface area contributed by atoms with Gasteiger partial charge < -0.3 is 13.5 Å². The molecule has 156 valence electrons. The van der Waals surface area contributed by atoms with Crippen LogP contribution in [-0.4, -0.2) is 18.0 Å². The fourth-order valence-electron chi connectivity index (χ4n) is 2.76. The lowest BCUT2D eigenvalue weighted by atomic mass is 10.2. The van der Waals surface area contributed by atoms with E-state index in [1.165, 1.54) is 19.5 Å². The van der Waals surface area contributed by atoms with Crippen LogP contribution in [0.3, 0.4) is 0 Å². The zero-order valence-electron chi connectivity index (χ0n) is 16.6. The Morgan fingerprint density at radius 1 is 0.871 bits per heavy atom. The van der Waals surface area contributed by atoms with Gasteiger partial charge in [-0.05, 0) is 36.4 Å². The van der Waals surface area contributed by atoms with Crippen LogP contribution >= 0.6 is 7.75 Å². The van der Waals surface area contributed by atoms with Crippen molar-refractivity contribution in [1.82, 2.24) is 4.78 Å². The van der Waals surface area contributed by atoms with E-state index in [2.05, 4.69) is 5.10 Å². The maximum absolute atomic E-state index is 13.6. The second-order valence-electron chi connectivity index (χ2n) is 6.53. The first-order valence-corrected chi connectivity index (χ1v) is 10.9. The summed E-state index contributed by atoms with van der Waals surface area (Å²) in [4.78, 5) is 12.7. The second-order valence-corrected chi connectivity index (χ2v) is 8.41. The Morgan fingerprint density at radius 3 is 2.03 bits per heavy atom. The fourth-order valence-corrected chi connectivity index (χ4v) is 3.98. The lowest BCUT2D eigenvalue weighted by Crippen LogP contribution is -2.18. The van der Waals surface area contributed by atoms with Gasteiger partial charge in [0, 0.05) is 7.05 Å². The van der Waals surface area contributed by atoms with E-state index in [1.807, 2.05) is 12.1 Å². The van der Waals surface area contributed by atoms with Crippen LogP contribution < -0.4 is 14.5 Å². The van der Waals surface area contributed by atoms with Gasteiger partial charge in [0.05, 0.1) is 17.2 Å². The van der Waals surface area contributed by atoms with E-state index in [1.54, 1.807) is 72.8 Å². The van der Waals surface area contributed by atoms with Crippen LogP contribution in [0.5, 0.6) is 11.5 Å². The third-order valence-corrected chi connectivity index (χ3v) is 6.05. The second kappa shape index (κ2) is 8.90. The summed E-state index contributed by atoms with van der Waals surface area (Å²) in [5.74, 6) is 0.711. The normalized spacial score (nSPS) is 11.5. The van der Waals surface area contributed by atoms with E-state index < -0.39 is 7.75 Å². The summed E-state index contributed by atoms with van der Waals surface area (Å²) in [6.07, 6.45) is 2.58. The minimum atomic E-state index is -3.95. The van der Waals surface area contributed by atoms with E-state index in [4.69, 9.17) is 13.5 Å². The third kappa shape index (κ3) is 4.68. The van der Waals surface area contributed by atoms with Crippen LogP contribution in [0.15, 0.2) is 106 Å². The van der Waals surface area contributed by atoms with E-state index >= 15 is 0 Å². The molecule has 0 bridgehead atoms. The molecule has 8 heteroatoms. The molecule has 0 aliphatic rings. The highest BCUT2D eigenvalue weighted by Gasteiger charge is 2.34. The van der Waals surface area contributed by atoms with Crippen molar-refractivity contribution in [3.8, 4) is 11.5 Å². The predicted molar refractivity (Wildman–Crippen MR) is 120 cm³/mol. The van der Waals surface area contributed by atoms with Gasteiger partial charge in [0.2, 0.25) is 5.43 Å². The number of hydrogen-bond donors (Lipinski definition) is 0. The first kappa shape index (κ1) is 20.4. The number of benzene rings is 3. The predicted octanol–water partition coefficient (Wildman–Crippen LogP) is 5.32. The molecule has 0 saturated heterocycles. The zero-order valence-corrected chi connectivity index (χ0v) is 17.5. The molecule has 0 N–H and O–H groups in total. The van der Waals surface area contributed by atoms with Gasteiger partial charge in [-0.1, -0.05) is 48.5 Å². The molecule has 1 aromatic heterocycles. The maximum atomic E-state index is 13.6. The van der Waals surface area contributed by atoms with Gasteiger partial charge in [-0.25, -0.2) is 4.57 Å². The van der Waals surface area contributed by atoms with Crippen molar-refractivity contribution in [3.05, 3.63) is 107 Å². The highest BCUT2D eigenvalue weighted by molar-refractivity contribution is 7.52. The number of fused-ring (bicyclic) bond motifs is 1. The fraction of sp³-hybridized carbons (Fsp3) is 0.0435. The average molecular weight is 434 g/mol. The molecule has 4 rings (SSSR count). The Hall–Kier alpha value is -3.83. The molecule has 0 aliphatic heterocycles. The molecule has 0 spiro atoms. The van der Waals surface area contributed by atoms with Crippen LogP contribution in [0.4, 0.5) is 0 Å². The van der Waals surface area contributed by atoms with Crippen molar-refractivity contribution in [2.75, 3.05) is 7.05 Å². The first-order chi connectivity index (χ1) is 15.0. The van der Waals surface area contributed by atoms with Crippen LogP contribution in [0.1, 0.15) is 5.56 Å². The van der Waals surface area contributed by atoms with Gasteiger partial charge in [0.15, 0.2) is 0 Å². The summed E-state index contributed by atoms with van der Waals surface area (Å²) >= 11 is 0. The van der Waals surface area contributed by atoms with Crippen molar-refractivity contribution in [2.24, 2.45) is 5.10 Å². The molecule has 31 heavy (non-hydrogen) atoms. The monoisotopic (exact) mass is 434 g/mol. The lowest BCUT2D eigenvalue weighted by molar-refractivity contribution is 0.312. The third-order valence-electron chi connectivity index (χ3n) is 4.35. The largest absolute Gasteiger partial charge is 0.559 e. The summed E-state index contributed by atoms with van der Waals surface area (Å²) in [6.45, 7) is 0. The number of para-hydroxylation sites is 3. The van der Waals surface area contributed by atoms with Gasteiger partial charge >= 0.3 is 7.75 Å². The number of nitrogens with zero attached hydrogens (tertiary/aromatic N) is 2. The van der Waals surface area contributed by atoms with Crippen molar-refractivity contribution >= 4 is 24.9 Å². The van der Waals surface area contributed by atoms with Crippen molar-refractivity contribution < 1.29 is 18.0 Å². The molecular formula is C23H19N2O5P. The van der Waals surface area contributed by atoms with Gasteiger partial charge in [-0.15, -0.1) is 0 Å². The average Bonchev–Trinajstić information content (AvgIpc) is 2.80. The Bertz CT molecular complexity index is 1260. The highest BCUT2D eigenvalue weighted by atomic mass is 31.2. The number of rotatable bonds is 7. The van der Waals surface area contributed by atoms with Gasteiger partial charge in [0.25, 0.3) is 0 Å². The molecule has 0 unspecified atom stereocenters. The molecule has 1 heterocycles. The Labute approximate surface area is 178 Å². The lowest BCUT2D eigenvalue weighted by Gasteiger charge is -2.24. The Balaban J connectivity index is 1.65. The minimum Gasteiger partial charge on any atom is -0.463 e. The molecule has 0 amide bonds. The summed E-state index contributed by atoms with van der Waals surface area (Å²) < 4.78 is 31.6. The van der Waals surface area contributed by atoms with Crippen molar-refractivity contribution in [3.63, 3.8) is 0 Å². The molecule has 0 radical (unpaired) electrons. The van der Waals surface area contributed by atoms with Crippen LogP contribution in [0, 0.1) is 0 Å². The van der Waals surface area contributed by atoms with Crippen LogP contribution in [0.25, 0.3) is 11.0 Å². The molecule has 7 nitrogen and oxygen atoms in total. The summed E-state index contributed by atoms with van der Waals surface area (Å²) in [5, 5.41) is 4.59. The quantitative estimate of drug-likeness (QED) is 0.222. The van der Waals surface area contributed by atoms with Crippen LogP contribution in [0.2, 0.25) is 0 Å². The minimum absolute atomic E-state index is 0.205. The number of hydrogen-bond acceptors (Lipinski definition) is 6. The van der Waals surface area contributed by atoms with Gasteiger partial charge in [-0.2, -0.15) is 9.88 Å². The Morgan fingerprint density at radius 2 is 1.42 bits per heavy atom. The molecule has 0 aliphatic carbocycles. The van der Waals surface area contributed by atoms with Crippen LogP contribution in [-0.2, 0) is 4.57 Å². The molecule has 4 aromatic rings. The summed E-state index contributed by atoms with van der Waals surface area (Å²) in [7, 11) is -2.50. The van der Waals surface area contributed by atoms with E-state index in [0.29, 0.717) is 22.5 Å². The molecule has 0 fully saturated rings. The van der Waals surface area contributed by atoms with Crippen molar-refractivity contribution in [1.29, 1.82) is 0 Å².